The van der Waals surface area contributed by atoms with Crippen LogP contribution in [0, 0.1) is 11.8 Å². The molecule has 0 rings (SSSR count). The lowest BCUT2D eigenvalue weighted by atomic mass is 10.4. The van der Waals surface area contributed by atoms with Gasteiger partial charge in [-0.25, -0.2) is 0 Å². The predicted molar refractivity (Wildman–Crippen MR) is 38.8 cm³/mol. The summed E-state index contributed by atoms with van der Waals surface area (Å²) in [5.74, 6) is 5.10. The smallest absolute Gasteiger partial charge is 0.254 e. The van der Waals surface area contributed by atoms with Crippen molar-refractivity contribution in [2.24, 2.45) is 0 Å². The van der Waals surface area contributed by atoms with Crippen molar-refractivity contribution in [2.45, 2.75) is 20.0 Å². The van der Waals surface area contributed by atoms with E-state index in [1.54, 1.807) is 13.8 Å². The van der Waals surface area contributed by atoms with E-state index in [0.717, 1.165) is 6.26 Å². The maximum Gasteiger partial charge on any atom is 0.265 e. The molecule has 3 nitrogen and oxygen atoms in total. The normalized spacial score (nSPS) is 13.5. The minimum Gasteiger partial charge on any atom is -0.254 e. The van der Waals surface area contributed by atoms with Gasteiger partial charge in [0.25, 0.3) is 10.1 Å². The van der Waals surface area contributed by atoms with Crippen LogP contribution in [0.1, 0.15) is 13.8 Å². The third-order valence-corrected chi connectivity index (χ3v) is 1.30. The van der Waals surface area contributed by atoms with Gasteiger partial charge in [-0.3, -0.25) is 4.18 Å². The summed E-state index contributed by atoms with van der Waals surface area (Å²) in [5, 5.41) is 0. The minimum absolute atomic E-state index is 0.542. The van der Waals surface area contributed by atoms with Gasteiger partial charge in [0, 0.05) is 0 Å². The van der Waals surface area contributed by atoms with Crippen molar-refractivity contribution in [1.29, 1.82) is 0 Å². The molecule has 0 spiro atoms. The van der Waals surface area contributed by atoms with E-state index in [9.17, 15) is 8.42 Å². The Morgan fingerprint density at radius 3 is 2.30 bits per heavy atom. The molecule has 0 saturated carbocycles. The fourth-order valence-corrected chi connectivity index (χ4v) is 1.06. The van der Waals surface area contributed by atoms with Crippen molar-refractivity contribution in [3.8, 4) is 11.8 Å². The maximum atomic E-state index is 10.4. The van der Waals surface area contributed by atoms with E-state index >= 15 is 0 Å². The Labute approximate surface area is 61.5 Å². The fourth-order valence-electron chi connectivity index (χ4n) is 0.490. The second-order valence-corrected chi connectivity index (χ2v) is 3.44. The molecule has 0 aromatic heterocycles. The van der Waals surface area contributed by atoms with Crippen LogP contribution in [-0.2, 0) is 14.3 Å². The Bertz CT molecular complexity index is 242. The average Bonchev–Trinajstić information content (AvgIpc) is 1.59. The van der Waals surface area contributed by atoms with Crippen molar-refractivity contribution in [2.75, 3.05) is 6.26 Å². The highest BCUT2D eigenvalue weighted by Gasteiger charge is 2.05. The Kier molecular flexibility index (Phi) is 3.40. The van der Waals surface area contributed by atoms with Crippen molar-refractivity contribution in [3.63, 3.8) is 0 Å². The molecule has 58 valence electrons. The SMILES string of the molecule is CC#C[C@H](C)OS(C)(=O)=O. The third kappa shape index (κ3) is 5.60. The van der Waals surface area contributed by atoms with Gasteiger partial charge < -0.3 is 0 Å². The van der Waals surface area contributed by atoms with E-state index in [4.69, 9.17) is 0 Å². The lowest BCUT2D eigenvalue weighted by molar-refractivity contribution is 0.286. The molecule has 0 aliphatic heterocycles. The van der Waals surface area contributed by atoms with E-state index in [-0.39, 0.29) is 0 Å². The standard InChI is InChI=1S/C6H10O3S/c1-4-5-6(2)9-10(3,7)8/h6H,1-3H3/t6-/m0/s1. The van der Waals surface area contributed by atoms with Gasteiger partial charge >= 0.3 is 0 Å². The molecule has 0 unspecified atom stereocenters. The number of hydrogen-bond donors (Lipinski definition) is 0. The van der Waals surface area contributed by atoms with Gasteiger partial charge in [-0.05, 0) is 13.8 Å². The molecule has 10 heavy (non-hydrogen) atoms. The lowest BCUT2D eigenvalue weighted by Crippen LogP contribution is -2.11. The zero-order valence-electron chi connectivity index (χ0n) is 6.21. The predicted octanol–water partition coefficient (Wildman–Crippen LogP) is 0.374. The van der Waals surface area contributed by atoms with Crippen molar-refractivity contribution >= 4 is 10.1 Å². The molecule has 0 heterocycles. The average molecular weight is 162 g/mol. The van der Waals surface area contributed by atoms with Gasteiger partial charge in [0.15, 0.2) is 0 Å². The molecule has 0 amide bonds. The molecule has 0 N–H and O–H groups in total. The van der Waals surface area contributed by atoms with Crippen LogP contribution in [0.2, 0.25) is 0 Å². The largest absolute Gasteiger partial charge is 0.265 e. The molecule has 1 atom stereocenters. The van der Waals surface area contributed by atoms with Crippen LogP contribution in [-0.4, -0.2) is 20.8 Å². The second-order valence-electron chi connectivity index (χ2n) is 1.84. The molecule has 0 fully saturated rings. The fraction of sp³-hybridized carbons (Fsp3) is 0.667. The Morgan fingerprint density at radius 2 is 2.00 bits per heavy atom. The van der Waals surface area contributed by atoms with Crippen LogP contribution < -0.4 is 0 Å². The summed E-state index contributed by atoms with van der Waals surface area (Å²) in [5.41, 5.74) is 0. The molecule has 0 aliphatic carbocycles. The third-order valence-electron chi connectivity index (χ3n) is 0.667. The van der Waals surface area contributed by atoms with Crippen molar-refractivity contribution < 1.29 is 12.6 Å². The van der Waals surface area contributed by atoms with Crippen molar-refractivity contribution in [3.05, 3.63) is 0 Å². The molecule has 0 bridgehead atoms. The van der Waals surface area contributed by atoms with Crippen LogP contribution in [0.3, 0.4) is 0 Å². The Hall–Kier alpha value is -0.530. The summed E-state index contributed by atoms with van der Waals surface area (Å²) in [6.45, 7) is 3.21. The lowest BCUT2D eigenvalue weighted by Gasteiger charge is -2.01. The van der Waals surface area contributed by atoms with Gasteiger partial charge in [0.1, 0.15) is 6.10 Å². The van der Waals surface area contributed by atoms with Crippen LogP contribution in [0.4, 0.5) is 0 Å². The summed E-state index contributed by atoms with van der Waals surface area (Å²) in [7, 11) is -3.35. The van der Waals surface area contributed by atoms with Crippen molar-refractivity contribution in [1.82, 2.24) is 0 Å². The summed E-state index contributed by atoms with van der Waals surface area (Å²) < 4.78 is 25.3. The molecule has 4 heteroatoms. The highest BCUT2D eigenvalue weighted by molar-refractivity contribution is 7.86. The van der Waals surface area contributed by atoms with E-state index in [2.05, 4.69) is 16.0 Å². The Morgan fingerprint density at radius 1 is 1.50 bits per heavy atom. The Balaban J connectivity index is 4.01. The molecule has 0 aromatic carbocycles. The van der Waals surface area contributed by atoms with Crippen LogP contribution in [0.5, 0.6) is 0 Å². The number of rotatable bonds is 2. The first kappa shape index (κ1) is 9.47. The van der Waals surface area contributed by atoms with E-state index < -0.39 is 16.2 Å². The molecule has 0 aliphatic rings. The minimum atomic E-state index is -3.35. The molecular formula is C6H10O3S. The monoisotopic (exact) mass is 162 g/mol. The van der Waals surface area contributed by atoms with Gasteiger partial charge in [0.2, 0.25) is 0 Å². The maximum absolute atomic E-state index is 10.4. The van der Waals surface area contributed by atoms with Crippen LogP contribution in [0.25, 0.3) is 0 Å². The summed E-state index contributed by atoms with van der Waals surface area (Å²) in [4.78, 5) is 0. The van der Waals surface area contributed by atoms with E-state index in [1.807, 2.05) is 0 Å². The first-order valence-corrected chi connectivity index (χ1v) is 4.58. The highest BCUT2D eigenvalue weighted by atomic mass is 32.2. The van der Waals surface area contributed by atoms with Gasteiger partial charge in [-0.15, -0.1) is 5.92 Å². The zero-order valence-corrected chi connectivity index (χ0v) is 7.03. The zero-order chi connectivity index (χ0) is 8.20. The molecule has 0 aromatic rings. The second kappa shape index (κ2) is 3.59. The number of hydrogen-bond acceptors (Lipinski definition) is 3. The van der Waals surface area contributed by atoms with Gasteiger partial charge in [0.05, 0.1) is 6.26 Å². The summed E-state index contributed by atoms with van der Waals surface area (Å²) in [6, 6.07) is 0. The molecule has 0 saturated heterocycles. The van der Waals surface area contributed by atoms with E-state index in [1.165, 1.54) is 0 Å². The molecule has 0 radical (unpaired) electrons. The van der Waals surface area contributed by atoms with Crippen LogP contribution in [0.15, 0.2) is 0 Å². The topological polar surface area (TPSA) is 43.4 Å². The first-order chi connectivity index (χ1) is 4.45. The highest BCUT2D eigenvalue weighted by Crippen LogP contribution is 1.93. The van der Waals surface area contributed by atoms with Gasteiger partial charge in [-0.1, -0.05) is 5.92 Å². The van der Waals surface area contributed by atoms with Crippen LogP contribution >= 0.6 is 0 Å². The first-order valence-electron chi connectivity index (χ1n) is 2.76. The molecular weight excluding hydrogens is 152 g/mol. The van der Waals surface area contributed by atoms with E-state index in [0.29, 0.717) is 0 Å². The summed E-state index contributed by atoms with van der Waals surface area (Å²) in [6.07, 6.45) is 0.459. The quantitative estimate of drug-likeness (QED) is 0.435. The summed E-state index contributed by atoms with van der Waals surface area (Å²) >= 11 is 0. The van der Waals surface area contributed by atoms with Gasteiger partial charge in [-0.2, -0.15) is 8.42 Å².